The molecule has 0 saturated carbocycles. The molecule has 0 heterocycles. The molecule has 136 valence electrons. The van der Waals surface area contributed by atoms with Gasteiger partial charge in [0.05, 0.1) is 9.49 Å². The van der Waals surface area contributed by atoms with Crippen molar-refractivity contribution in [2.24, 2.45) is 11.8 Å². The van der Waals surface area contributed by atoms with Crippen LogP contribution in [0.5, 0.6) is 0 Å². The van der Waals surface area contributed by atoms with Gasteiger partial charge in [-0.05, 0) is 25.7 Å². The summed E-state index contributed by atoms with van der Waals surface area (Å²) in [4.78, 5) is 0. The van der Waals surface area contributed by atoms with Gasteiger partial charge in [0.2, 0.25) is 0 Å². The van der Waals surface area contributed by atoms with Crippen molar-refractivity contribution >= 4 is 43.3 Å². The molecule has 6 nitrogen and oxygen atoms in total. The molecule has 0 spiro atoms. The summed E-state index contributed by atoms with van der Waals surface area (Å²) in [6.07, 6.45) is 13.0. The molecule has 0 radical (unpaired) electrons. The van der Waals surface area contributed by atoms with Crippen LogP contribution >= 0.6 is 0 Å². The second-order valence-corrected chi connectivity index (χ2v) is 9.92. The summed E-state index contributed by atoms with van der Waals surface area (Å²) in [5.41, 5.74) is 0. The maximum absolute atomic E-state index is 10.9. The Morgan fingerprint density at radius 1 is 0.720 bits per heavy atom. The average Bonchev–Trinajstić information content (AvgIpc) is 2.44. The first kappa shape index (κ1) is 24.5. The zero-order valence-corrected chi connectivity index (χ0v) is 17.8. The van der Waals surface area contributed by atoms with Crippen molar-refractivity contribution in [3.8, 4) is 0 Å². The Hall–Kier alpha value is -0.454. The van der Waals surface area contributed by atoms with Crippen LogP contribution in [0.4, 0.5) is 0 Å². The molecule has 0 N–H and O–H groups in total. The van der Waals surface area contributed by atoms with Gasteiger partial charge in [0.25, 0.3) is 0 Å². The topological polar surface area (TPSA) is 114 Å². The van der Waals surface area contributed by atoms with Crippen LogP contribution in [0.2, 0.25) is 0 Å². The smallest absolute Gasteiger partial charge is 0.747 e. The Bertz CT molecular complexity index is 726. The summed E-state index contributed by atoms with van der Waals surface area (Å²) in [7, 11) is -8.53. The van der Waals surface area contributed by atoms with E-state index in [2.05, 4.69) is 0 Å². The van der Waals surface area contributed by atoms with E-state index in [-0.39, 0.29) is 34.9 Å². The van der Waals surface area contributed by atoms with Crippen LogP contribution < -0.4 is 0 Å². The van der Waals surface area contributed by atoms with Crippen molar-refractivity contribution < 1.29 is 25.9 Å². The van der Waals surface area contributed by atoms with E-state index in [0.29, 0.717) is 0 Å². The predicted molar refractivity (Wildman–Crippen MR) is 96.8 cm³/mol. The van der Waals surface area contributed by atoms with Gasteiger partial charge in [-0.2, -0.15) is 0 Å². The van der Waals surface area contributed by atoms with Crippen molar-refractivity contribution in [2.75, 3.05) is 0 Å². The molecule has 2 aliphatic carbocycles. The first-order chi connectivity index (χ1) is 10.8. The quantitative estimate of drug-likeness (QED) is 0.516. The second kappa shape index (κ2) is 8.49. The normalized spacial score (nSPS) is 34.0. The SMILES string of the molecule is CC1C=CC=CC1(C)S(=O)(=O)[O-].CC1C=CC=CC1(C)S(=O)(=O)[O-].[Mg+2]. The summed E-state index contributed by atoms with van der Waals surface area (Å²) in [6.45, 7) is 6.32. The number of allylic oxidation sites excluding steroid dienone is 6. The molecule has 2 aliphatic rings. The van der Waals surface area contributed by atoms with Gasteiger partial charge >= 0.3 is 23.1 Å². The zero-order valence-electron chi connectivity index (χ0n) is 14.7. The van der Waals surface area contributed by atoms with Gasteiger partial charge in [0.15, 0.2) is 0 Å². The first-order valence-corrected chi connectivity index (χ1v) is 10.2. The summed E-state index contributed by atoms with van der Waals surface area (Å²) < 4.78 is 62.7. The van der Waals surface area contributed by atoms with E-state index in [9.17, 15) is 25.9 Å². The van der Waals surface area contributed by atoms with Gasteiger partial charge in [-0.1, -0.05) is 62.5 Å². The molecule has 0 aromatic rings. The van der Waals surface area contributed by atoms with Gasteiger partial charge in [-0.3, -0.25) is 0 Å². The minimum Gasteiger partial charge on any atom is -0.747 e. The van der Waals surface area contributed by atoms with Crippen molar-refractivity contribution in [1.29, 1.82) is 0 Å². The summed E-state index contributed by atoms with van der Waals surface area (Å²) in [5.74, 6) is -0.519. The molecular formula is C16H22MgO6S2. The Morgan fingerprint density at radius 3 is 1.16 bits per heavy atom. The third kappa shape index (κ3) is 5.27. The molecule has 0 aromatic heterocycles. The van der Waals surface area contributed by atoms with E-state index < -0.39 is 29.7 Å². The molecule has 0 aromatic carbocycles. The molecule has 4 unspecified atom stereocenters. The van der Waals surface area contributed by atoms with Crippen LogP contribution in [0, 0.1) is 11.8 Å². The van der Waals surface area contributed by atoms with Crippen molar-refractivity contribution in [3.05, 3.63) is 48.6 Å². The average molecular weight is 399 g/mol. The van der Waals surface area contributed by atoms with Crippen LogP contribution in [0.25, 0.3) is 0 Å². The third-order valence-corrected chi connectivity index (χ3v) is 7.93. The van der Waals surface area contributed by atoms with Crippen LogP contribution in [0.1, 0.15) is 27.7 Å². The Morgan fingerprint density at radius 2 is 1.00 bits per heavy atom. The number of hydrogen-bond donors (Lipinski definition) is 0. The minimum atomic E-state index is -4.26. The second-order valence-electron chi connectivity index (χ2n) is 6.34. The zero-order chi connectivity index (χ0) is 18.8. The fourth-order valence-corrected chi connectivity index (χ4v) is 3.82. The van der Waals surface area contributed by atoms with Crippen LogP contribution in [-0.4, -0.2) is 58.5 Å². The molecule has 4 atom stereocenters. The standard InChI is InChI=1S/2C8H12O3S.Mg/c2*1-7-5-3-4-6-8(7,2)12(9,10)11;/h2*3-7H,1-2H3,(H,9,10,11);/q;;+2/p-2. The van der Waals surface area contributed by atoms with Gasteiger partial charge < -0.3 is 9.11 Å². The van der Waals surface area contributed by atoms with E-state index in [0.717, 1.165) is 0 Å². The van der Waals surface area contributed by atoms with Crippen molar-refractivity contribution in [2.45, 2.75) is 37.2 Å². The maximum atomic E-state index is 10.9. The summed E-state index contributed by atoms with van der Waals surface area (Å²) in [5, 5.41) is 0. The van der Waals surface area contributed by atoms with Crippen molar-refractivity contribution in [1.82, 2.24) is 0 Å². The monoisotopic (exact) mass is 398 g/mol. The fraction of sp³-hybridized carbons (Fsp3) is 0.500. The molecular weight excluding hydrogens is 377 g/mol. The van der Waals surface area contributed by atoms with Gasteiger partial charge in [-0.15, -0.1) is 0 Å². The predicted octanol–water partition coefficient (Wildman–Crippen LogP) is 1.72. The van der Waals surface area contributed by atoms with Gasteiger partial charge in [0, 0.05) is 0 Å². The molecule has 0 saturated heterocycles. The Kier molecular flexibility index (Phi) is 8.34. The molecule has 0 amide bonds. The van der Waals surface area contributed by atoms with Gasteiger partial charge in [-0.25, -0.2) is 16.8 Å². The first-order valence-electron chi connectivity index (χ1n) is 7.38. The molecule has 0 fully saturated rings. The number of rotatable bonds is 2. The minimum absolute atomic E-state index is 0. The molecule has 0 aliphatic heterocycles. The number of hydrogen-bond acceptors (Lipinski definition) is 6. The van der Waals surface area contributed by atoms with Crippen LogP contribution in [0.15, 0.2) is 48.6 Å². The van der Waals surface area contributed by atoms with Gasteiger partial charge in [0.1, 0.15) is 20.2 Å². The molecule has 9 heteroatoms. The Labute approximate surface area is 166 Å². The van der Waals surface area contributed by atoms with E-state index in [1.165, 1.54) is 26.0 Å². The van der Waals surface area contributed by atoms with E-state index in [1.54, 1.807) is 50.3 Å². The molecule has 25 heavy (non-hydrogen) atoms. The van der Waals surface area contributed by atoms with Crippen molar-refractivity contribution in [3.63, 3.8) is 0 Å². The fourth-order valence-electron chi connectivity index (χ4n) is 2.26. The van der Waals surface area contributed by atoms with E-state index in [4.69, 9.17) is 0 Å². The summed E-state index contributed by atoms with van der Waals surface area (Å²) in [6, 6.07) is 0. The molecule has 0 bridgehead atoms. The molecule has 2 rings (SSSR count). The summed E-state index contributed by atoms with van der Waals surface area (Å²) >= 11 is 0. The van der Waals surface area contributed by atoms with E-state index >= 15 is 0 Å². The van der Waals surface area contributed by atoms with Crippen LogP contribution in [-0.2, 0) is 20.2 Å². The van der Waals surface area contributed by atoms with E-state index in [1.807, 2.05) is 0 Å². The largest absolute Gasteiger partial charge is 2.00 e. The Balaban J connectivity index is 0.000000443. The van der Waals surface area contributed by atoms with Crippen LogP contribution in [0.3, 0.4) is 0 Å². The maximum Gasteiger partial charge on any atom is 2.00 e. The third-order valence-electron chi connectivity index (χ3n) is 4.76.